The van der Waals surface area contributed by atoms with Crippen molar-refractivity contribution < 1.29 is 14.3 Å². The summed E-state index contributed by atoms with van der Waals surface area (Å²) in [5, 5.41) is 11.6. The molecule has 7 nitrogen and oxygen atoms in total. The summed E-state index contributed by atoms with van der Waals surface area (Å²) in [7, 11) is 1.64. The summed E-state index contributed by atoms with van der Waals surface area (Å²) in [6, 6.07) is 15.7. The highest BCUT2D eigenvalue weighted by atomic mass is 16.5. The second-order valence-electron chi connectivity index (χ2n) is 8.78. The summed E-state index contributed by atoms with van der Waals surface area (Å²) in [5.41, 5.74) is 1.82. The van der Waals surface area contributed by atoms with Crippen LogP contribution in [0.3, 0.4) is 0 Å². The van der Waals surface area contributed by atoms with E-state index in [4.69, 9.17) is 10.1 Å². The monoisotopic (exact) mass is 434 g/mol. The minimum Gasteiger partial charge on any atom is -0.497 e. The SMILES string of the molecule is COc1cccc(-c2cccc(C3(C)NC(=N)N(CC4CCN(C(C)=O)CC4)C3=O)c2)c1. The van der Waals surface area contributed by atoms with E-state index in [0.717, 1.165) is 35.3 Å². The summed E-state index contributed by atoms with van der Waals surface area (Å²) in [5.74, 6) is 1.18. The van der Waals surface area contributed by atoms with Crippen LogP contribution in [-0.2, 0) is 15.1 Å². The fraction of sp³-hybridized carbons (Fsp3) is 0.400. The number of rotatable bonds is 5. The molecule has 2 N–H and O–H groups in total. The first-order chi connectivity index (χ1) is 15.3. The number of hydrogen-bond donors (Lipinski definition) is 2. The van der Waals surface area contributed by atoms with Gasteiger partial charge < -0.3 is 15.0 Å². The molecule has 1 unspecified atom stereocenters. The highest BCUT2D eigenvalue weighted by Gasteiger charge is 2.47. The van der Waals surface area contributed by atoms with Gasteiger partial charge in [0, 0.05) is 26.6 Å². The standard InChI is InChI=1S/C25H30N4O3/c1-17(30)28-12-10-18(11-13-28)16-29-23(31)25(2,27-24(29)26)21-8-4-6-19(14-21)20-7-5-9-22(15-20)32-3/h4-9,14-15,18H,10-13,16H2,1-3H3,(H2,26,27). The Morgan fingerprint density at radius 3 is 2.47 bits per heavy atom. The number of guanidine groups is 1. The van der Waals surface area contributed by atoms with Gasteiger partial charge in [-0.1, -0.05) is 30.3 Å². The number of methoxy groups -OCH3 is 1. The van der Waals surface area contributed by atoms with E-state index in [9.17, 15) is 9.59 Å². The second kappa shape index (κ2) is 8.65. The number of piperidine rings is 1. The highest BCUT2D eigenvalue weighted by Crippen LogP contribution is 2.33. The van der Waals surface area contributed by atoms with Gasteiger partial charge in [0.25, 0.3) is 5.91 Å². The van der Waals surface area contributed by atoms with Crippen molar-refractivity contribution in [2.45, 2.75) is 32.2 Å². The number of benzene rings is 2. The van der Waals surface area contributed by atoms with Crippen LogP contribution in [0.25, 0.3) is 11.1 Å². The van der Waals surface area contributed by atoms with Crippen molar-refractivity contribution in [3.63, 3.8) is 0 Å². The Morgan fingerprint density at radius 1 is 1.16 bits per heavy atom. The highest BCUT2D eigenvalue weighted by molar-refractivity contribution is 6.08. The maximum absolute atomic E-state index is 13.5. The maximum Gasteiger partial charge on any atom is 0.259 e. The van der Waals surface area contributed by atoms with Gasteiger partial charge in [-0.2, -0.15) is 0 Å². The molecular formula is C25H30N4O3. The lowest BCUT2D eigenvalue weighted by molar-refractivity contribution is -0.133. The van der Waals surface area contributed by atoms with Crippen molar-refractivity contribution in [2.24, 2.45) is 5.92 Å². The molecule has 2 aromatic rings. The zero-order valence-electron chi connectivity index (χ0n) is 18.9. The third-order valence-corrected chi connectivity index (χ3v) is 6.65. The number of nitrogens with one attached hydrogen (secondary N) is 2. The minimum absolute atomic E-state index is 0.0959. The van der Waals surface area contributed by atoms with E-state index >= 15 is 0 Å². The molecule has 0 spiro atoms. The molecule has 0 radical (unpaired) electrons. The predicted octanol–water partition coefficient (Wildman–Crippen LogP) is 3.20. The van der Waals surface area contributed by atoms with Crippen LogP contribution in [0, 0.1) is 11.3 Å². The van der Waals surface area contributed by atoms with Gasteiger partial charge in [-0.05, 0) is 60.6 Å². The number of ether oxygens (including phenoxy) is 1. The number of amides is 2. The fourth-order valence-electron chi connectivity index (χ4n) is 4.60. The largest absolute Gasteiger partial charge is 0.497 e. The van der Waals surface area contributed by atoms with Crippen LogP contribution in [-0.4, -0.2) is 54.3 Å². The van der Waals surface area contributed by atoms with Crippen molar-refractivity contribution in [3.8, 4) is 16.9 Å². The lowest BCUT2D eigenvalue weighted by atomic mass is 9.89. The molecular weight excluding hydrogens is 404 g/mol. The molecule has 0 saturated carbocycles. The molecule has 2 aromatic carbocycles. The molecule has 2 heterocycles. The summed E-state index contributed by atoms with van der Waals surface area (Å²) < 4.78 is 5.34. The van der Waals surface area contributed by atoms with Gasteiger partial charge in [0.1, 0.15) is 11.3 Å². The third kappa shape index (κ3) is 4.07. The van der Waals surface area contributed by atoms with Crippen LogP contribution in [0.5, 0.6) is 5.75 Å². The molecule has 0 bridgehead atoms. The molecule has 7 heteroatoms. The first-order valence-electron chi connectivity index (χ1n) is 11.0. The zero-order valence-corrected chi connectivity index (χ0v) is 18.9. The van der Waals surface area contributed by atoms with E-state index in [1.165, 1.54) is 0 Å². The number of carbonyl (C=O) groups excluding carboxylic acids is 2. The summed E-state index contributed by atoms with van der Waals surface area (Å²) in [4.78, 5) is 28.5. The minimum atomic E-state index is -0.994. The molecule has 0 aromatic heterocycles. The quantitative estimate of drug-likeness (QED) is 0.757. The molecule has 168 valence electrons. The van der Waals surface area contributed by atoms with Crippen LogP contribution in [0.15, 0.2) is 48.5 Å². The van der Waals surface area contributed by atoms with Crippen LogP contribution in [0.4, 0.5) is 0 Å². The Kier molecular flexibility index (Phi) is 5.91. The first-order valence-corrected chi connectivity index (χ1v) is 11.0. The maximum atomic E-state index is 13.5. The number of hydrogen-bond acceptors (Lipinski definition) is 4. The van der Waals surface area contributed by atoms with Crippen molar-refractivity contribution in [2.75, 3.05) is 26.7 Å². The molecule has 32 heavy (non-hydrogen) atoms. The van der Waals surface area contributed by atoms with E-state index in [0.29, 0.717) is 19.6 Å². The first kappa shape index (κ1) is 21.9. The Hall–Kier alpha value is -3.35. The fourth-order valence-corrected chi connectivity index (χ4v) is 4.60. The van der Waals surface area contributed by atoms with Gasteiger partial charge in [-0.15, -0.1) is 0 Å². The smallest absolute Gasteiger partial charge is 0.259 e. The van der Waals surface area contributed by atoms with Gasteiger partial charge in [0.05, 0.1) is 7.11 Å². The summed E-state index contributed by atoms with van der Waals surface area (Å²) in [6.45, 7) is 5.36. The van der Waals surface area contributed by atoms with E-state index in [2.05, 4.69) is 5.32 Å². The van der Waals surface area contributed by atoms with Gasteiger partial charge in [0.15, 0.2) is 5.96 Å². The molecule has 2 amide bonds. The van der Waals surface area contributed by atoms with E-state index in [1.807, 2.05) is 60.4 Å². The molecule has 0 aliphatic carbocycles. The third-order valence-electron chi connectivity index (χ3n) is 6.65. The molecule has 1 atom stereocenters. The molecule has 2 fully saturated rings. The van der Waals surface area contributed by atoms with Gasteiger partial charge in [-0.3, -0.25) is 19.9 Å². The van der Waals surface area contributed by atoms with Gasteiger partial charge >= 0.3 is 0 Å². The van der Waals surface area contributed by atoms with Crippen LogP contribution in [0.1, 0.15) is 32.3 Å². The van der Waals surface area contributed by atoms with E-state index < -0.39 is 5.54 Å². The van der Waals surface area contributed by atoms with Crippen LogP contribution >= 0.6 is 0 Å². The number of nitrogens with zero attached hydrogens (tertiary/aromatic N) is 2. The van der Waals surface area contributed by atoms with Crippen molar-refractivity contribution in [3.05, 3.63) is 54.1 Å². The van der Waals surface area contributed by atoms with Crippen molar-refractivity contribution in [1.82, 2.24) is 15.1 Å². The van der Waals surface area contributed by atoms with Crippen LogP contribution < -0.4 is 10.1 Å². The molecule has 2 saturated heterocycles. The van der Waals surface area contributed by atoms with Crippen molar-refractivity contribution >= 4 is 17.8 Å². The van der Waals surface area contributed by atoms with E-state index in [1.54, 1.807) is 18.9 Å². The molecule has 4 rings (SSSR count). The zero-order chi connectivity index (χ0) is 22.9. The van der Waals surface area contributed by atoms with E-state index in [-0.39, 0.29) is 23.7 Å². The van der Waals surface area contributed by atoms with Gasteiger partial charge in [0.2, 0.25) is 5.91 Å². The normalized spacial score (nSPS) is 21.6. The Bertz CT molecular complexity index is 1040. The molecule has 2 aliphatic rings. The number of likely N-dealkylation sites (tertiary alicyclic amines) is 1. The molecule has 2 aliphatic heterocycles. The predicted molar refractivity (Wildman–Crippen MR) is 123 cm³/mol. The average Bonchev–Trinajstić information content (AvgIpc) is 3.03. The lowest BCUT2D eigenvalue weighted by Gasteiger charge is -2.33. The Balaban J connectivity index is 1.53. The summed E-state index contributed by atoms with van der Waals surface area (Å²) >= 11 is 0. The van der Waals surface area contributed by atoms with Crippen LogP contribution in [0.2, 0.25) is 0 Å². The lowest BCUT2D eigenvalue weighted by Crippen LogP contribution is -2.43. The summed E-state index contributed by atoms with van der Waals surface area (Å²) in [6.07, 6.45) is 1.69. The second-order valence-corrected chi connectivity index (χ2v) is 8.78. The Morgan fingerprint density at radius 2 is 1.81 bits per heavy atom. The average molecular weight is 435 g/mol. The number of carbonyl (C=O) groups is 2. The van der Waals surface area contributed by atoms with Gasteiger partial charge in [-0.25, -0.2) is 0 Å². The Labute approximate surface area is 188 Å². The van der Waals surface area contributed by atoms with Crippen molar-refractivity contribution in [1.29, 1.82) is 5.41 Å². The topological polar surface area (TPSA) is 85.7 Å².